The number of piperidine rings is 1. The first-order chi connectivity index (χ1) is 14.6. The van der Waals surface area contributed by atoms with Gasteiger partial charge in [-0.25, -0.2) is 0 Å². The van der Waals surface area contributed by atoms with E-state index in [-0.39, 0.29) is 23.2 Å². The molecule has 1 aliphatic heterocycles. The smallest absolute Gasteiger partial charge is 0.172 e. The number of H-pyrrole nitrogens is 1. The maximum Gasteiger partial charge on any atom is 0.172 e. The van der Waals surface area contributed by atoms with Crippen molar-refractivity contribution in [1.82, 2.24) is 10.3 Å². The number of fused-ring (bicyclic) bond motifs is 4. The molecule has 2 N–H and O–H groups in total. The first kappa shape index (κ1) is 19.1. The zero-order valence-electron chi connectivity index (χ0n) is 17.6. The molecule has 3 aromatic rings. The number of rotatable bonds is 4. The van der Waals surface area contributed by atoms with Crippen LogP contribution < -0.4 is 10.1 Å². The largest absolute Gasteiger partial charge is 0.497 e. The summed E-state index contributed by atoms with van der Waals surface area (Å²) in [5.41, 5.74) is 6.30. The minimum absolute atomic E-state index is 0.0893. The predicted molar refractivity (Wildman–Crippen MR) is 120 cm³/mol. The zero-order chi connectivity index (χ0) is 20.9. The maximum absolute atomic E-state index is 12.9. The molecule has 1 aliphatic carbocycles. The molecule has 0 bridgehead atoms. The van der Waals surface area contributed by atoms with E-state index < -0.39 is 0 Å². The number of ether oxygens (including phenoxy) is 1. The number of aromatic nitrogens is 1. The van der Waals surface area contributed by atoms with Gasteiger partial charge in [-0.15, -0.1) is 0 Å². The van der Waals surface area contributed by atoms with Gasteiger partial charge in [-0.05, 0) is 73.5 Å². The van der Waals surface area contributed by atoms with Crippen LogP contribution in [0.15, 0.2) is 55.1 Å². The van der Waals surface area contributed by atoms with Crippen molar-refractivity contribution in [2.45, 2.75) is 37.6 Å². The molecule has 30 heavy (non-hydrogen) atoms. The highest BCUT2D eigenvalue weighted by atomic mass is 16.5. The van der Waals surface area contributed by atoms with Gasteiger partial charge in [0.15, 0.2) is 5.78 Å². The van der Waals surface area contributed by atoms with Crippen LogP contribution in [0.5, 0.6) is 5.75 Å². The second kappa shape index (κ2) is 7.13. The first-order valence-corrected chi connectivity index (χ1v) is 10.7. The average Bonchev–Trinajstić information content (AvgIpc) is 3.15. The van der Waals surface area contributed by atoms with Gasteiger partial charge in [0.1, 0.15) is 5.75 Å². The minimum Gasteiger partial charge on any atom is -0.497 e. The lowest BCUT2D eigenvalue weighted by atomic mass is 9.56. The van der Waals surface area contributed by atoms with Crippen LogP contribution in [0.2, 0.25) is 0 Å². The third kappa shape index (κ3) is 2.74. The molecule has 2 aromatic carbocycles. The Balaban J connectivity index is 1.72. The molecule has 0 amide bonds. The van der Waals surface area contributed by atoms with E-state index in [4.69, 9.17) is 4.74 Å². The Labute approximate surface area is 177 Å². The Bertz CT molecular complexity index is 1150. The summed E-state index contributed by atoms with van der Waals surface area (Å²) in [6, 6.07) is 14.7. The summed E-state index contributed by atoms with van der Waals surface area (Å²) >= 11 is 0. The summed E-state index contributed by atoms with van der Waals surface area (Å²) in [5.74, 6) is 1.12. The Hall–Kier alpha value is -2.85. The summed E-state index contributed by atoms with van der Waals surface area (Å²) in [5, 5.41) is 4.80. The van der Waals surface area contributed by atoms with E-state index in [0.29, 0.717) is 0 Å². The Morgan fingerprint density at radius 3 is 2.90 bits per heavy atom. The molecule has 0 saturated carbocycles. The van der Waals surface area contributed by atoms with Crippen molar-refractivity contribution in [2.24, 2.45) is 5.92 Å². The van der Waals surface area contributed by atoms with Gasteiger partial charge >= 0.3 is 0 Å². The molecule has 2 heterocycles. The standard InChI is InChI=1S/C26H28N2O2/c1-4-23(29)25-21-14-20-19-10-5-7-16(2)24(19)28-22(20)15-26(21,11-12-27-25)17-8-6-9-18(13-17)30-3/h4-10,13,21,25,27-28H,1,11-12,14-15H2,2-3H3. The molecule has 4 heteroatoms. The summed E-state index contributed by atoms with van der Waals surface area (Å²) in [6.07, 6.45) is 4.23. The first-order valence-electron chi connectivity index (χ1n) is 10.7. The van der Waals surface area contributed by atoms with Crippen LogP contribution in [0, 0.1) is 12.8 Å². The fourth-order valence-corrected chi connectivity index (χ4v) is 5.84. The number of methoxy groups -OCH3 is 1. The predicted octanol–water partition coefficient (Wildman–Crippen LogP) is 4.25. The van der Waals surface area contributed by atoms with Crippen molar-refractivity contribution in [1.29, 1.82) is 0 Å². The van der Waals surface area contributed by atoms with Crippen molar-refractivity contribution in [3.8, 4) is 5.75 Å². The highest BCUT2D eigenvalue weighted by molar-refractivity contribution is 5.95. The van der Waals surface area contributed by atoms with E-state index in [1.165, 1.54) is 39.4 Å². The molecule has 1 fully saturated rings. The van der Waals surface area contributed by atoms with Crippen molar-refractivity contribution < 1.29 is 9.53 Å². The van der Waals surface area contributed by atoms with Crippen molar-refractivity contribution in [2.75, 3.05) is 13.7 Å². The number of nitrogens with one attached hydrogen (secondary N) is 2. The van der Waals surface area contributed by atoms with Crippen LogP contribution in [0.25, 0.3) is 10.9 Å². The van der Waals surface area contributed by atoms with E-state index in [0.717, 1.165) is 31.6 Å². The van der Waals surface area contributed by atoms with Gasteiger partial charge in [0.25, 0.3) is 0 Å². The molecule has 0 spiro atoms. The quantitative estimate of drug-likeness (QED) is 0.644. The molecular weight excluding hydrogens is 372 g/mol. The lowest BCUT2D eigenvalue weighted by Crippen LogP contribution is -2.60. The van der Waals surface area contributed by atoms with E-state index in [1.807, 2.05) is 6.07 Å². The number of hydrogen-bond donors (Lipinski definition) is 2. The van der Waals surface area contributed by atoms with E-state index in [1.54, 1.807) is 7.11 Å². The molecule has 1 saturated heterocycles. The lowest BCUT2D eigenvalue weighted by molar-refractivity contribution is -0.119. The Morgan fingerprint density at radius 2 is 2.10 bits per heavy atom. The van der Waals surface area contributed by atoms with Crippen LogP contribution in [0.1, 0.15) is 28.8 Å². The van der Waals surface area contributed by atoms with Gasteiger partial charge in [0.05, 0.1) is 13.2 Å². The van der Waals surface area contributed by atoms with E-state index in [9.17, 15) is 4.79 Å². The number of hydrogen-bond acceptors (Lipinski definition) is 3. The fourth-order valence-electron chi connectivity index (χ4n) is 5.84. The molecule has 2 aliphatic rings. The normalized spacial score (nSPS) is 25.4. The number of carbonyl (C=O) groups excluding carboxylic acids is 1. The molecule has 3 atom stereocenters. The fraction of sp³-hybridized carbons (Fsp3) is 0.346. The number of benzene rings is 2. The molecule has 3 unspecified atom stereocenters. The number of aryl methyl sites for hydroxylation is 1. The van der Waals surface area contributed by atoms with Gasteiger partial charge in [0.2, 0.25) is 0 Å². The minimum atomic E-state index is -0.217. The third-order valence-electron chi connectivity index (χ3n) is 7.35. The lowest BCUT2D eigenvalue weighted by Gasteiger charge is -2.51. The summed E-state index contributed by atoms with van der Waals surface area (Å²) in [6.45, 7) is 6.74. The highest BCUT2D eigenvalue weighted by Gasteiger charge is 2.51. The number of aromatic amines is 1. The van der Waals surface area contributed by atoms with Gasteiger partial charge in [-0.3, -0.25) is 4.79 Å². The Kier molecular flexibility index (Phi) is 4.55. The average molecular weight is 401 g/mol. The summed E-state index contributed by atoms with van der Waals surface area (Å²) in [4.78, 5) is 16.6. The highest BCUT2D eigenvalue weighted by Crippen LogP contribution is 2.50. The van der Waals surface area contributed by atoms with Gasteiger partial charge in [0, 0.05) is 22.0 Å². The molecule has 5 rings (SSSR count). The SMILES string of the molecule is C=CC(=O)C1NCCC2(c3cccc(OC)c3)Cc3[nH]c4c(C)cccc4c3CC12. The monoisotopic (exact) mass is 400 g/mol. The van der Waals surface area contributed by atoms with Gasteiger partial charge in [-0.2, -0.15) is 0 Å². The Morgan fingerprint density at radius 1 is 1.27 bits per heavy atom. The second-order valence-electron chi connectivity index (χ2n) is 8.74. The number of carbonyl (C=O) groups is 1. The maximum atomic E-state index is 12.9. The van der Waals surface area contributed by atoms with E-state index in [2.05, 4.69) is 60.2 Å². The van der Waals surface area contributed by atoms with E-state index >= 15 is 0 Å². The van der Waals surface area contributed by atoms with Crippen LogP contribution in [0.3, 0.4) is 0 Å². The molecule has 1 aromatic heterocycles. The van der Waals surface area contributed by atoms with Crippen LogP contribution in [0.4, 0.5) is 0 Å². The van der Waals surface area contributed by atoms with Crippen molar-refractivity contribution in [3.05, 3.63) is 77.5 Å². The summed E-state index contributed by atoms with van der Waals surface area (Å²) in [7, 11) is 1.71. The molecule has 4 nitrogen and oxygen atoms in total. The second-order valence-corrected chi connectivity index (χ2v) is 8.74. The van der Waals surface area contributed by atoms with Crippen LogP contribution in [-0.4, -0.2) is 30.5 Å². The third-order valence-corrected chi connectivity index (χ3v) is 7.35. The summed E-state index contributed by atoms with van der Waals surface area (Å²) < 4.78 is 5.54. The van der Waals surface area contributed by atoms with Gasteiger partial charge in [-0.1, -0.05) is 36.9 Å². The van der Waals surface area contributed by atoms with Crippen LogP contribution >= 0.6 is 0 Å². The molecule has 154 valence electrons. The molecule has 0 radical (unpaired) electrons. The number of para-hydroxylation sites is 1. The van der Waals surface area contributed by atoms with Crippen LogP contribution in [-0.2, 0) is 23.1 Å². The number of ketones is 1. The zero-order valence-corrected chi connectivity index (χ0v) is 17.6. The topological polar surface area (TPSA) is 54.1 Å². The molecular formula is C26H28N2O2. The van der Waals surface area contributed by atoms with Gasteiger partial charge < -0.3 is 15.0 Å². The van der Waals surface area contributed by atoms with Crippen molar-refractivity contribution in [3.63, 3.8) is 0 Å². The van der Waals surface area contributed by atoms with Crippen molar-refractivity contribution >= 4 is 16.7 Å².